The van der Waals surface area contributed by atoms with Crippen LogP contribution in [0.1, 0.15) is 39.5 Å². The molecule has 0 spiro atoms. The number of halogens is 1. The molecule has 50 heavy (non-hydrogen) atoms. The molecular formula is C42H41ClO7. The zero-order valence-electron chi connectivity index (χ0n) is 27.7. The predicted molar refractivity (Wildman–Crippen MR) is 192 cm³/mol. The van der Waals surface area contributed by atoms with E-state index in [4.69, 9.17) is 35.3 Å². The Morgan fingerprint density at radius 2 is 1.06 bits per heavy atom. The molecular weight excluding hydrogens is 652 g/mol. The van der Waals surface area contributed by atoms with Crippen LogP contribution in [-0.4, -0.2) is 42.1 Å². The topological polar surface area (TPSA) is 83.5 Å². The second-order valence-electron chi connectivity index (χ2n) is 12.3. The highest BCUT2D eigenvalue weighted by atomic mass is 35.5. The number of ether oxygens (including phenoxy) is 5. The summed E-state index contributed by atoms with van der Waals surface area (Å²) in [6.07, 6.45) is -3.30. The molecule has 1 aliphatic rings. The first kappa shape index (κ1) is 35.5. The molecule has 258 valence electrons. The normalized spacial score (nSPS) is 20.4. The summed E-state index contributed by atoms with van der Waals surface area (Å²) in [5.74, 6) is -0.976. The molecule has 1 aliphatic heterocycles. The van der Waals surface area contributed by atoms with Crippen molar-refractivity contribution in [1.82, 2.24) is 0 Å². The third-order valence-corrected chi connectivity index (χ3v) is 8.99. The Labute approximate surface area is 298 Å². The number of hydrogen-bond donors (Lipinski definition) is 1. The van der Waals surface area contributed by atoms with Crippen LogP contribution < -0.4 is 0 Å². The van der Waals surface area contributed by atoms with Gasteiger partial charge < -0.3 is 28.8 Å². The van der Waals surface area contributed by atoms with Crippen LogP contribution in [0.2, 0.25) is 5.02 Å². The first-order valence-electron chi connectivity index (χ1n) is 16.8. The van der Waals surface area contributed by atoms with Crippen molar-refractivity contribution in [3.05, 3.63) is 178 Å². The van der Waals surface area contributed by atoms with Crippen molar-refractivity contribution in [2.45, 2.75) is 63.4 Å². The lowest BCUT2D eigenvalue weighted by molar-refractivity contribution is -0.275. The maximum absolute atomic E-state index is 11.8. The molecule has 1 heterocycles. The van der Waals surface area contributed by atoms with Crippen LogP contribution >= 0.6 is 11.6 Å². The van der Waals surface area contributed by atoms with E-state index in [2.05, 4.69) is 0 Å². The summed E-state index contributed by atoms with van der Waals surface area (Å²) in [6.45, 7) is 1.56. The summed E-state index contributed by atoms with van der Waals surface area (Å²) in [7, 11) is 0. The molecule has 0 amide bonds. The summed E-state index contributed by atoms with van der Waals surface area (Å²) < 4.78 is 33.6. The molecule has 0 bridgehead atoms. The van der Waals surface area contributed by atoms with Gasteiger partial charge in [0, 0.05) is 5.02 Å². The summed E-state index contributed by atoms with van der Waals surface area (Å²) in [4.78, 5) is 11.8. The second kappa shape index (κ2) is 18.1. The van der Waals surface area contributed by atoms with Crippen molar-refractivity contribution in [2.75, 3.05) is 6.61 Å². The number of hydrogen-bond acceptors (Lipinski definition) is 6. The SMILES string of the molecule is O=C(O)Cc1cc(C2OC(COCc3ccccc3)C(OCc3ccccc3)C(OCc3ccccc3)C2OCc2ccccc2)ccc1Cl. The molecule has 7 nitrogen and oxygen atoms in total. The number of rotatable bonds is 16. The molecule has 0 saturated carbocycles. The minimum absolute atomic E-state index is 0.219. The Hall–Kier alpha value is -4.34. The first-order valence-corrected chi connectivity index (χ1v) is 17.1. The van der Waals surface area contributed by atoms with E-state index in [1.54, 1.807) is 12.1 Å². The molecule has 8 heteroatoms. The van der Waals surface area contributed by atoms with Crippen LogP contribution in [-0.2, 0) is 61.3 Å². The van der Waals surface area contributed by atoms with Gasteiger partial charge in [-0.1, -0.05) is 145 Å². The van der Waals surface area contributed by atoms with Crippen molar-refractivity contribution >= 4 is 17.6 Å². The van der Waals surface area contributed by atoms with E-state index in [-0.39, 0.29) is 13.0 Å². The minimum Gasteiger partial charge on any atom is -0.481 e. The molecule has 1 N–H and O–H groups in total. The summed E-state index contributed by atoms with van der Waals surface area (Å²) in [5.41, 5.74) is 5.27. The summed E-state index contributed by atoms with van der Waals surface area (Å²) in [5, 5.41) is 10.0. The molecule has 0 aliphatic carbocycles. The number of carbonyl (C=O) groups is 1. The number of aliphatic carboxylic acids is 1. The van der Waals surface area contributed by atoms with Crippen LogP contribution in [0.3, 0.4) is 0 Å². The van der Waals surface area contributed by atoms with Gasteiger partial charge in [-0.05, 0) is 39.4 Å². The highest BCUT2D eigenvalue weighted by Crippen LogP contribution is 2.39. The molecule has 1 saturated heterocycles. The van der Waals surface area contributed by atoms with E-state index in [1.807, 2.05) is 127 Å². The fraction of sp³-hybridized carbons (Fsp3) is 0.262. The largest absolute Gasteiger partial charge is 0.481 e. The summed E-state index contributed by atoms with van der Waals surface area (Å²) in [6, 6.07) is 45.2. The Kier molecular flexibility index (Phi) is 12.8. The van der Waals surface area contributed by atoms with Crippen molar-refractivity contribution in [3.63, 3.8) is 0 Å². The standard InChI is InChI=1S/C42H41ClO7/c43-36-22-21-34(23-35(36)24-38(44)45)39-41(48-27-32-17-9-3-10-18-32)42(49-28-33-19-11-4-12-20-33)40(47-26-31-15-7-2-8-16-31)37(50-39)29-46-25-30-13-5-1-6-14-30/h1-23,37,39-42H,24-29H2,(H,44,45). The zero-order chi connectivity index (χ0) is 34.5. The lowest BCUT2D eigenvalue weighted by Gasteiger charge is -2.46. The van der Waals surface area contributed by atoms with Gasteiger partial charge in [0.15, 0.2) is 0 Å². The predicted octanol–water partition coefficient (Wildman–Crippen LogP) is 8.38. The Morgan fingerprint density at radius 1 is 0.600 bits per heavy atom. The lowest BCUT2D eigenvalue weighted by atomic mass is 9.89. The van der Waals surface area contributed by atoms with Gasteiger partial charge >= 0.3 is 5.97 Å². The molecule has 1 fully saturated rings. The number of benzene rings is 5. The maximum Gasteiger partial charge on any atom is 0.307 e. The smallest absolute Gasteiger partial charge is 0.307 e. The Bertz CT molecular complexity index is 1760. The third kappa shape index (κ3) is 9.88. The van der Waals surface area contributed by atoms with Gasteiger partial charge in [0.2, 0.25) is 0 Å². The van der Waals surface area contributed by atoms with E-state index in [0.29, 0.717) is 37.0 Å². The minimum atomic E-state index is -0.976. The van der Waals surface area contributed by atoms with Gasteiger partial charge in [0.25, 0.3) is 0 Å². The fourth-order valence-corrected chi connectivity index (χ4v) is 6.31. The lowest BCUT2D eigenvalue weighted by Crippen LogP contribution is -2.58. The van der Waals surface area contributed by atoms with Crippen molar-refractivity contribution in [2.24, 2.45) is 0 Å². The van der Waals surface area contributed by atoms with Gasteiger partial charge in [-0.2, -0.15) is 0 Å². The average Bonchev–Trinajstić information content (AvgIpc) is 3.15. The molecule has 5 aromatic rings. The van der Waals surface area contributed by atoms with Crippen LogP contribution in [0.5, 0.6) is 0 Å². The van der Waals surface area contributed by atoms with E-state index in [1.165, 1.54) is 0 Å². The quantitative estimate of drug-likeness (QED) is 0.111. The van der Waals surface area contributed by atoms with Gasteiger partial charge in [0.1, 0.15) is 30.5 Å². The van der Waals surface area contributed by atoms with Crippen molar-refractivity contribution in [1.29, 1.82) is 0 Å². The molecule has 5 unspecified atom stereocenters. The molecule has 0 radical (unpaired) electrons. The van der Waals surface area contributed by atoms with Crippen LogP contribution in [0, 0.1) is 0 Å². The third-order valence-electron chi connectivity index (χ3n) is 8.62. The maximum atomic E-state index is 11.8. The molecule has 6 rings (SSSR count). The van der Waals surface area contributed by atoms with Gasteiger partial charge in [0.05, 0.1) is 39.5 Å². The fourth-order valence-electron chi connectivity index (χ4n) is 6.13. The highest BCUT2D eigenvalue weighted by Gasteiger charge is 2.49. The number of carboxylic acid groups (broad SMARTS) is 1. The Balaban J connectivity index is 1.38. The van der Waals surface area contributed by atoms with E-state index in [9.17, 15) is 9.90 Å². The molecule has 0 aromatic heterocycles. The average molecular weight is 693 g/mol. The van der Waals surface area contributed by atoms with Gasteiger partial charge in [-0.3, -0.25) is 4.79 Å². The monoisotopic (exact) mass is 692 g/mol. The van der Waals surface area contributed by atoms with Crippen LogP contribution in [0.4, 0.5) is 0 Å². The van der Waals surface area contributed by atoms with Gasteiger partial charge in [-0.15, -0.1) is 0 Å². The first-order chi connectivity index (χ1) is 24.5. The second-order valence-corrected chi connectivity index (χ2v) is 12.7. The van der Waals surface area contributed by atoms with E-state index >= 15 is 0 Å². The molecule has 5 atom stereocenters. The molecule has 5 aromatic carbocycles. The zero-order valence-corrected chi connectivity index (χ0v) is 28.4. The van der Waals surface area contributed by atoms with Crippen molar-refractivity contribution < 1.29 is 33.6 Å². The summed E-state index contributed by atoms with van der Waals surface area (Å²) >= 11 is 6.48. The van der Waals surface area contributed by atoms with Crippen molar-refractivity contribution in [3.8, 4) is 0 Å². The van der Waals surface area contributed by atoms with E-state index in [0.717, 1.165) is 27.8 Å². The number of carboxylic acids is 1. The van der Waals surface area contributed by atoms with Gasteiger partial charge in [-0.25, -0.2) is 0 Å². The van der Waals surface area contributed by atoms with E-state index < -0.39 is 36.5 Å². The van der Waals surface area contributed by atoms with Crippen LogP contribution in [0.15, 0.2) is 140 Å². The highest BCUT2D eigenvalue weighted by molar-refractivity contribution is 6.31. The Morgan fingerprint density at radius 3 is 1.56 bits per heavy atom. The van der Waals surface area contributed by atoms with Crippen LogP contribution in [0.25, 0.3) is 0 Å².